The summed E-state index contributed by atoms with van der Waals surface area (Å²) in [5, 5.41) is 0. The van der Waals surface area contributed by atoms with Gasteiger partial charge in [0.2, 0.25) is 0 Å². The predicted molar refractivity (Wildman–Crippen MR) is 131 cm³/mol. The van der Waals surface area contributed by atoms with E-state index >= 15 is 0 Å². The highest BCUT2D eigenvalue weighted by Crippen LogP contribution is 2.21. The molecule has 2 fully saturated rings. The number of rotatable bonds is 9. The lowest BCUT2D eigenvalue weighted by atomic mass is 10.0. The molecule has 0 spiro atoms. The molecule has 2 aliphatic heterocycles. The number of hydrogen-bond donors (Lipinski definition) is 1. The first-order chi connectivity index (χ1) is 15.3. The fourth-order valence-corrected chi connectivity index (χ4v) is 4.70. The molecular weight excluding hydrogens is 404 g/mol. The Morgan fingerprint density at radius 1 is 0.968 bits per heavy atom. The van der Waals surface area contributed by atoms with E-state index in [9.17, 15) is 0 Å². The third kappa shape index (κ3) is 9.65. The summed E-state index contributed by atoms with van der Waals surface area (Å²) in [7, 11) is 1.70. The molecule has 0 unspecified atom stereocenters. The fourth-order valence-electron chi connectivity index (χ4n) is 3.89. The lowest BCUT2D eigenvalue weighted by Crippen LogP contribution is -2.40. The van der Waals surface area contributed by atoms with Crippen molar-refractivity contribution in [2.75, 3.05) is 40.0 Å². The van der Waals surface area contributed by atoms with E-state index in [1.807, 2.05) is 12.1 Å². The Bertz CT molecular complexity index is 691. The molecule has 2 aromatic carbocycles. The number of unbranched alkanes of at least 4 members (excludes halogenated alkanes) is 1. The lowest BCUT2D eigenvalue weighted by molar-refractivity contribution is 0.198. The number of hydrogen-bond acceptors (Lipinski definition) is 5. The lowest BCUT2D eigenvalue weighted by Gasteiger charge is -2.32. The van der Waals surface area contributed by atoms with Crippen molar-refractivity contribution in [2.45, 2.75) is 55.9 Å². The molecule has 170 valence electrons. The summed E-state index contributed by atoms with van der Waals surface area (Å²) in [6, 6.07) is 19.7. The maximum atomic E-state index is 5.21. The molecule has 2 heterocycles. The quantitative estimate of drug-likeness (QED) is 0.405. The number of aryl methyl sites for hydroxylation is 1. The Labute approximate surface area is 192 Å². The molecule has 0 bridgehead atoms. The normalized spacial score (nSPS) is 17.2. The summed E-state index contributed by atoms with van der Waals surface area (Å²) < 4.78 is 13.8. The Balaban J connectivity index is 0.000000478. The zero-order valence-electron chi connectivity index (χ0n) is 18.9. The van der Waals surface area contributed by atoms with Gasteiger partial charge in [0.05, 0.1) is 7.11 Å². The summed E-state index contributed by atoms with van der Waals surface area (Å²) in [6.45, 7) is 5.67. The van der Waals surface area contributed by atoms with Crippen LogP contribution in [0.3, 0.4) is 0 Å². The SMILES string of the molecule is C1CCOC1.COc1ccc(SNC2CCN(CCCCc3ccccc3)CC2)cc1. The molecule has 0 aromatic heterocycles. The first-order valence-electron chi connectivity index (χ1n) is 11.7. The molecule has 0 radical (unpaired) electrons. The van der Waals surface area contributed by atoms with Gasteiger partial charge < -0.3 is 14.4 Å². The third-order valence-electron chi connectivity index (χ3n) is 5.85. The zero-order valence-corrected chi connectivity index (χ0v) is 19.7. The minimum Gasteiger partial charge on any atom is -0.497 e. The van der Waals surface area contributed by atoms with Crippen molar-refractivity contribution < 1.29 is 9.47 Å². The van der Waals surface area contributed by atoms with Crippen molar-refractivity contribution in [3.63, 3.8) is 0 Å². The Morgan fingerprint density at radius 2 is 1.68 bits per heavy atom. The van der Waals surface area contributed by atoms with E-state index in [1.165, 1.54) is 75.0 Å². The van der Waals surface area contributed by atoms with Gasteiger partial charge in [0.15, 0.2) is 0 Å². The standard InChI is InChI=1S/C22H30N2OS.C4H8O/c1-25-21-10-12-22(13-11-21)26-23-20-14-17-24(18-15-20)16-6-5-9-19-7-3-2-4-8-19;1-2-4-5-3-1/h2-4,7-8,10-13,20,23H,5-6,9,14-18H2,1H3;1-4H2. The van der Waals surface area contributed by atoms with E-state index in [-0.39, 0.29) is 0 Å². The molecule has 2 saturated heterocycles. The fraction of sp³-hybridized carbons (Fsp3) is 0.538. The highest BCUT2D eigenvalue weighted by Gasteiger charge is 2.18. The smallest absolute Gasteiger partial charge is 0.118 e. The van der Waals surface area contributed by atoms with Crippen molar-refractivity contribution in [3.8, 4) is 5.75 Å². The minimum atomic E-state index is 0.614. The first-order valence-corrected chi connectivity index (χ1v) is 12.6. The summed E-state index contributed by atoms with van der Waals surface area (Å²) in [5.74, 6) is 0.912. The number of benzene rings is 2. The molecule has 0 atom stereocenters. The van der Waals surface area contributed by atoms with Gasteiger partial charge in [-0.25, -0.2) is 0 Å². The molecule has 0 aliphatic carbocycles. The predicted octanol–water partition coefficient (Wildman–Crippen LogP) is 5.58. The Kier molecular flexibility index (Phi) is 11.3. The second-order valence-corrected chi connectivity index (χ2v) is 9.18. The highest BCUT2D eigenvalue weighted by atomic mass is 32.2. The van der Waals surface area contributed by atoms with Crippen molar-refractivity contribution in [2.24, 2.45) is 0 Å². The van der Waals surface area contributed by atoms with Gasteiger partial charge in [-0.15, -0.1) is 0 Å². The molecule has 4 rings (SSSR count). The van der Waals surface area contributed by atoms with Gasteiger partial charge >= 0.3 is 0 Å². The molecule has 5 heteroatoms. The maximum Gasteiger partial charge on any atom is 0.118 e. The van der Waals surface area contributed by atoms with Crippen LogP contribution >= 0.6 is 11.9 Å². The van der Waals surface area contributed by atoms with Crippen LogP contribution in [-0.2, 0) is 11.2 Å². The topological polar surface area (TPSA) is 33.7 Å². The average Bonchev–Trinajstić information content (AvgIpc) is 3.43. The monoisotopic (exact) mass is 442 g/mol. The van der Waals surface area contributed by atoms with Gasteiger partial charge in [-0.2, -0.15) is 0 Å². The molecule has 2 aliphatic rings. The summed E-state index contributed by atoms with van der Waals surface area (Å²) in [4.78, 5) is 3.87. The van der Waals surface area contributed by atoms with Gasteiger partial charge in [0.1, 0.15) is 5.75 Å². The summed E-state index contributed by atoms with van der Waals surface area (Å²) in [5.41, 5.74) is 1.46. The van der Waals surface area contributed by atoms with Crippen LogP contribution in [0.1, 0.15) is 44.1 Å². The molecule has 1 N–H and O–H groups in total. The summed E-state index contributed by atoms with van der Waals surface area (Å²) >= 11 is 1.74. The van der Waals surface area contributed by atoms with Gasteiger partial charge in [0.25, 0.3) is 0 Å². The Hall–Kier alpha value is -1.53. The number of nitrogens with one attached hydrogen (secondary N) is 1. The van der Waals surface area contributed by atoms with Crippen LogP contribution in [0.25, 0.3) is 0 Å². The van der Waals surface area contributed by atoms with E-state index in [4.69, 9.17) is 9.47 Å². The molecule has 0 amide bonds. The van der Waals surface area contributed by atoms with Gasteiger partial charge in [-0.1, -0.05) is 30.3 Å². The van der Waals surface area contributed by atoms with Crippen molar-refractivity contribution in [3.05, 3.63) is 60.2 Å². The number of ether oxygens (including phenoxy) is 2. The van der Waals surface area contributed by atoms with Crippen LogP contribution in [0.4, 0.5) is 0 Å². The maximum absolute atomic E-state index is 5.21. The van der Waals surface area contributed by atoms with Crippen molar-refractivity contribution in [1.82, 2.24) is 9.62 Å². The van der Waals surface area contributed by atoms with Gasteiger partial charge in [0, 0.05) is 24.2 Å². The molecule has 31 heavy (non-hydrogen) atoms. The Morgan fingerprint density at radius 3 is 2.29 bits per heavy atom. The van der Waals surface area contributed by atoms with Crippen molar-refractivity contribution in [1.29, 1.82) is 0 Å². The van der Waals surface area contributed by atoms with Crippen LogP contribution in [-0.4, -0.2) is 50.9 Å². The van der Waals surface area contributed by atoms with E-state index in [0.717, 1.165) is 19.0 Å². The molecule has 4 nitrogen and oxygen atoms in total. The van der Waals surface area contributed by atoms with Crippen LogP contribution in [0, 0.1) is 0 Å². The van der Waals surface area contributed by atoms with Crippen LogP contribution in [0.5, 0.6) is 5.75 Å². The molecular formula is C26H38N2O2S. The van der Waals surface area contributed by atoms with Crippen LogP contribution in [0.2, 0.25) is 0 Å². The van der Waals surface area contributed by atoms with E-state index < -0.39 is 0 Å². The third-order valence-corrected chi connectivity index (χ3v) is 6.81. The van der Waals surface area contributed by atoms with E-state index in [0.29, 0.717) is 6.04 Å². The molecule has 0 saturated carbocycles. The number of piperidine rings is 1. The number of methoxy groups -OCH3 is 1. The zero-order chi connectivity index (χ0) is 21.6. The van der Waals surface area contributed by atoms with E-state index in [2.05, 4.69) is 52.1 Å². The van der Waals surface area contributed by atoms with Gasteiger partial charge in [-0.3, -0.25) is 4.72 Å². The minimum absolute atomic E-state index is 0.614. The largest absolute Gasteiger partial charge is 0.497 e. The highest BCUT2D eigenvalue weighted by molar-refractivity contribution is 7.97. The second kappa shape index (κ2) is 14.5. The van der Waals surface area contributed by atoms with E-state index in [1.54, 1.807) is 19.1 Å². The molecule has 2 aromatic rings. The second-order valence-electron chi connectivity index (χ2n) is 8.27. The summed E-state index contributed by atoms with van der Waals surface area (Å²) in [6.07, 6.45) is 8.82. The van der Waals surface area contributed by atoms with Crippen molar-refractivity contribution >= 4 is 11.9 Å². The number of nitrogens with zero attached hydrogens (tertiary/aromatic N) is 1. The number of likely N-dealkylation sites (tertiary alicyclic amines) is 1. The first kappa shape index (κ1) is 24.1. The van der Waals surface area contributed by atoms with Crippen LogP contribution < -0.4 is 9.46 Å². The average molecular weight is 443 g/mol. The van der Waals surface area contributed by atoms with Crippen LogP contribution in [0.15, 0.2) is 59.5 Å². The van der Waals surface area contributed by atoms with Gasteiger partial charge in [-0.05, 0) is 106 Å².